The first kappa shape index (κ1) is 11.8. The minimum atomic E-state index is 0.562. The van der Waals surface area contributed by atoms with Crippen LogP contribution in [0.3, 0.4) is 0 Å². The second-order valence-corrected chi connectivity index (χ2v) is 3.95. The van der Waals surface area contributed by atoms with Crippen molar-refractivity contribution in [1.82, 2.24) is 0 Å². The molecule has 0 bridgehead atoms. The zero-order valence-electron chi connectivity index (χ0n) is 9.41. The summed E-state index contributed by atoms with van der Waals surface area (Å²) < 4.78 is 5.34. The third kappa shape index (κ3) is 2.35. The summed E-state index contributed by atoms with van der Waals surface area (Å²) in [5.74, 6) is 6.10. The van der Waals surface area contributed by atoms with Gasteiger partial charge in [-0.2, -0.15) is 0 Å². The highest BCUT2D eigenvalue weighted by atomic mass is 35.5. The molecule has 17 heavy (non-hydrogen) atoms. The Bertz CT molecular complexity index is 514. The van der Waals surface area contributed by atoms with Gasteiger partial charge < -0.3 is 10.2 Å². The van der Waals surface area contributed by atoms with E-state index in [-0.39, 0.29) is 0 Å². The zero-order valence-corrected chi connectivity index (χ0v) is 10.2. The third-order valence-electron chi connectivity index (χ3n) is 2.53. The van der Waals surface area contributed by atoms with Gasteiger partial charge in [0.25, 0.3) is 0 Å². The third-order valence-corrected chi connectivity index (χ3v) is 2.84. The molecule has 3 nitrogen and oxygen atoms in total. The SMILES string of the molecule is COc1cc(NN)c(Cl)cc1-c1ccccc1. The second kappa shape index (κ2) is 5.08. The molecule has 0 amide bonds. The van der Waals surface area contributed by atoms with Crippen LogP contribution in [0, 0.1) is 0 Å². The van der Waals surface area contributed by atoms with Gasteiger partial charge in [-0.05, 0) is 11.6 Å². The molecule has 0 aliphatic carbocycles. The minimum absolute atomic E-state index is 0.562. The average molecular weight is 249 g/mol. The standard InChI is InChI=1S/C13H13ClN2O/c1-17-13-8-12(16-15)11(14)7-10(13)9-5-3-2-4-6-9/h2-8,16H,15H2,1H3. The van der Waals surface area contributed by atoms with E-state index in [4.69, 9.17) is 22.2 Å². The maximum atomic E-state index is 6.11. The number of nitrogens with two attached hydrogens (primary N) is 1. The van der Waals surface area contributed by atoms with Crippen LogP contribution in [0.2, 0.25) is 5.02 Å². The fraction of sp³-hybridized carbons (Fsp3) is 0.0769. The fourth-order valence-corrected chi connectivity index (χ4v) is 1.89. The summed E-state index contributed by atoms with van der Waals surface area (Å²) in [7, 11) is 1.62. The maximum absolute atomic E-state index is 6.11. The molecule has 0 aliphatic rings. The van der Waals surface area contributed by atoms with Crippen molar-refractivity contribution in [3.63, 3.8) is 0 Å². The van der Waals surface area contributed by atoms with Gasteiger partial charge in [0.2, 0.25) is 0 Å². The smallest absolute Gasteiger partial charge is 0.128 e. The second-order valence-electron chi connectivity index (χ2n) is 3.54. The van der Waals surface area contributed by atoms with Gasteiger partial charge in [-0.25, -0.2) is 0 Å². The number of ether oxygens (including phenoxy) is 1. The van der Waals surface area contributed by atoms with Gasteiger partial charge in [-0.15, -0.1) is 0 Å². The first-order valence-electron chi connectivity index (χ1n) is 5.16. The summed E-state index contributed by atoms with van der Waals surface area (Å²) in [4.78, 5) is 0. The molecule has 2 aromatic rings. The highest BCUT2D eigenvalue weighted by molar-refractivity contribution is 6.33. The summed E-state index contributed by atoms with van der Waals surface area (Å²) in [5, 5.41) is 0.562. The Labute approximate surface area is 105 Å². The van der Waals surface area contributed by atoms with E-state index in [9.17, 15) is 0 Å². The molecule has 2 aromatic carbocycles. The molecule has 0 radical (unpaired) electrons. The number of rotatable bonds is 3. The predicted molar refractivity (Wildman–Crippen MR) is 71.3 cm³/mol. The first-order valence-corrected chi connectivity index (χ1v) is 5.53. The van der Waals surface area contributed by atoms with Gasteiger partial charge in [-0.1, -0.05) is 41.9 Å². The number of hydrogen-bond acceptors (Lipinski definition) is 3. The molecule has 4 heteroatoms. The molecule has 0 heterocycles. The van der Waals surface area contributed by atoms with Gasteiger partial charge in [0.1, 0.15) is 5.75 Å². The van der Waals surface area contributed by atoms with Crippen LogP contribution >= 0.6 is 11.6 Å². The molecule has 0 atom stereocenters. The number of nitrogen functional groups attached to an aromatic ring is 1. The highest BCUT2D eigenvalue weighted by Crippen LogP contribution is 2.36. The van der Waals surface area contributed by atoms with Crippen molar-refractivity contribution >= 4 is 17.3 Å². The van der Waals surface area contributed by atoms with E-state index in [0.29, 0.717) is 10.7 Å². The number of nitrogens with one attached hydrogen (secondary N) is 1. The highest BCUT2D eigenvalue weighted by Gasteiger charge is 2.10. The lowest BCUT2D eigenvalue weighted by atomic mass is 10.0. The van der Waals surface area contributed by atoms with E-state index >= 15 is 0 Å². The first-order chi connectivity index (χ1) is 8.26. The van der Waals surface area contributed by atoms with Crippen LogP contribution in [-0.2, 0) is 0 Å². The lowest BCUT2D eigenvalue weighted by Crippen LogP contribution is -2.07. The van der Waals surface area contributed by atoms with E-state index in [1.54, 1.807) is 13.2 Å². The van der Waals surface area contributed by atoms with Gasteiger partial charge in [0.05, 0.1) is 17.8 Å². The molecule has 0 fully saturated rings. The summed E-state index contributed by atoms with van der Waals surface area (Å²) >= 11 is 6.11. The van der Waals surface area contributed by atoms with Crippen molar-refractivity contribution in [2.24, 2.45) is 5.84 Å². The Kier molecular flexibility index (Phi) is 3.52. The number of hydrogen-bond donors (Lipinski definition) is 2. The topological polar surface area (TPSA) is 47.3 Å². The fourth-order valence-electron chi connectivity index (χ4n) is 1.68. The molecular formula is C13H13ClN2O. The van der Waals surface area contributed by atoms with Crippen molar-refractivity contribution in [2.75, 3.05) is 12.5 Å². The van der Waals surface area contributed by atoms with Crippen LogP contribution in [0.15, 0.2) is 42.5 Å². The lowest BCUT2D eigenvalue weighted by molar-refractivity contribution is 0.416. The molecule has 0 aromatic heterocycles. The molecule has 0 saturated carbocycles. The van der Waals surface area contributed by atoms with Crippen molar-refractivity contribution in [1.29, 1.82) is 0 Å². The van der Waals surface area contributed by atoms with Gasteiger partial charge in [-0.3, -0.25) is 5.84 Å². The largest absolute Gasteiger partial charge is 0.496 e. The molecule has 0 aliphatic heterocycles. The number of halogens is 1. The van der Waals surface area contributed by atoms with Crippen LogP contribution in [-0.4, -0.2) is 7.11 Å². The van der Waals surface area contributed by atoms with E-state index < -0.39 is 0 Å². The van der Waals surface area contributed by atoms with E-state index in [2.05, 4.69) is 5.43 Å². The van der Waals surface area contributed by atoms with Crippen molar-refractivity contribution < 1.29 is 4.74 Å². The van der Waals surface area contributed by atoms with E-state index in [0.717, 1.165) is 16.9 Å². The Morgan fingerprint density at radius 1 is 1.18 bits per heavy atom. The molecular weight excluding hydrogens is 236 g/mol. The number of benzene rings is 2. The number of methoxy groups -OCH3 is 1. The molecule has 88 valence electrons. The molecule has 0 saturated heterocycles. The molecule has 0 spiro atoms. The van der Waals surface area contributed by atoms with Crippen LogP contribution in [0.1, 0.15) is 0 Å². The minimum Gasteiger partial charge on any atom is -0.496 e. The zero-order chi connectivity index (χ0) is 12.3. The summed E-state index contributed by atoms with van der Waals surface area (Å²) in [6.07, 6.45) is 0. The van der Waals surface area contributed by atoms with Crippen molar-refractivity contribution in [2.45, 2.75) is 0 Å². The normalized spacial score (nSPS) is 10.1. The Hall–Kier alpha value is -1.71. The number of hydrazine groups is 1. The van der Waals surface area contributed by atoms with Gasteiger partial charge in [0.15, 0.2) is 0 Å². The Morgan fingerprint density at radius 2 is 1.88 bits per heavy atom. The van der Waals surface area contributed by atoms with Gasteiger partial charge >= 0.3 is 0 Å². The monoisotopic (exact) mass is 248 g/mol. The van der Waals surface area contributed by atoms with Crippen LogP contribution < -0.4 is 16.0 Å². The average Bonchev–Trinajstić information content (AvgIpc) is 2.39. The summed E-state index contributed by atoms with van der Waals surface area (Å²) in [5.41, 5.74) is 5.17. The quantitative estimate of drug-likeness (QED) is 0.647. The van der Waals surface area contributed by atoms with Crippen LogP contribution in [0.4, 0.5) is 5.69 Å². The summed E-state index contributed by atoms with van der Waals surface area (Å²) in [6, 6.07) is 13.5. The summed E-state index contributed by atoms with van der Waals surface area (Å²) in [6.45, 7) is 0. The van der Waals surface area contributed by atoms with E-state index in [1.807, 2.05) is 36.4 Å². The molecule has 3 N–H and O–H groups in total. The van der Waals surface area contributed by atoms with E-state index in [1.165, 1.54) is 0 Å². The van der Waals surface area contributed by atoms with Crippen molar-refractivity contribution in [3.05, 3.63) is 47.5 Å². The van der Waals surface area contributed by atoms with Crippen LogP contribution in [0.25, 0.3) is 11.1 Å². The van der Waals surface area contributed by atoms with Crippen molar-refractivity contribution in [3.8, 4) is 16.9 Å². The van der Waals surface area contributed by atoms with Gasteiger partial charge in [0, 0.05) is 11.6 Å². The van der Waals surface area contributed by atoms with Crippen LogP contribution in [0.5, 0.6) is 5.75 Å². The Balaban J connectivity index is 2.58. The molecule has 2 rings (SSSR count). The predicted octanol–water partition coefficient (Wildman–Crippen LogP) is 3.30. The molecule has 0 unspecified atom stereocenters. The lowest BCUT2D eigenvalue weighted by Gasteiger charge is -2.12. The maximum Gasteiger partial charge on any atom is 0.128 e. The number of anilines is 1. The Morgan fingerprint density at radius 3 is 2.47 bits per heavy atom.